The van der Waals surface area contributed by atoms with Crippen LogP contribution < -0.4 is 5.32 Å². The predicted octanol–water partition coefficient (Wildman–Crippen LogP) is 1.84. The van der Waals surface area contributed by atoms with Crippen molar-refractivity contribution in [3.05, 3.63) is 12.2 Å². The Morgan fingerprint density at radius 1 is 1.53 bits per heavy atom. The second kappa shape index (κ2) is 5.75. The molecule has 4 nitrogen and oxygen atoms in total. The van der Waals surface area contributed by atoms with Gasteiger partial charge in [-0.1, -0.05) is 5.57 Å². The first-order valence-corrected chi connectivity index (χ1v) is 4.99. The van der Waals surface area contributed by atoms with E-state index < -0.39 is 11.7 Å². The number of ether oxygens (including phenoxy) is 1. The van der Waals surface area contributed by atoms with Crippen LogP contribution in [0.2, 0.25) is 0 Å². The van der Waals surface area contributed by atoms with Crippen molar-refractivity contribution in [3.63, 3.8) is 0 Å². The van der Waals surface area contributed by atoms with Crippen LogP contribution in [0.5, 0.6) is 0 Å². The smallest absolute Gasteiger partial charge is 0.407 e. The number of hydrogen-bond donors (Lipinski definition) is 2. The lowest BCUT2D eigenvalue weighted by molar-refractivity contribution is 0.0483. The van der Waals surface area contributed by atoms with Gasteiger partial charge in [-0.2, -0.15) is 0 Å². The van der Waals surface area contributed by atoms with Gasteiger partial charge in [0.2, 0.25) is 0 Å². The Morgan fingerprint density at radius 3 is 2.40 bits per heavy atom. The van der Waals surface area contributed by atoms with Gasteiger partial charge in [0.05, 0.1) is 12.6 Å². The van der Waals surface area contributed by atoms with Crippen molar-refractivity contribution in [2.75, 3.05) is 6.61 Å². The molecule has 0 radical (unpaired) electrons. The van der Waals surface area contributed by atoms with Gasteiger partial charge >= 0.3 is 6.09 Å². The van der Waals surface area contributed by atoms with E-state index in [9.17, 15) is 4.79 Å². The molecule has 0 aromatic carbocycles. The van der Waals surface area contributed by atoms with E-state index in [2.05, 4.69) is 11.9 Å². The second-order valence-corrected chi connectivity index (χ2v) is 4.69. The SMILES string of the molecule is C=C(C)CC(CO)NC(=O)OC(C)(C)C. The molecule has 4 heteroatoms. The van der Waals surface area contributed by atoms with Crippen molar-refractivity contribution in [2.24, 2.45) is 0 Å². The van der Waals surface area contributed by atoms with Gasteiger partial charge in [-0.15, -0.1) is 6.58 Å². The quantitative estimate of drug-likeness (QED) is 0.703. The van der Waals surface area contributed by atoms with Gasteiger partial charge in [0, 0.05) is 0 Å². The van der Waals surface area contributed by atoms with Crippen LogP contribution in [0.25, 0.3) is 0 Å². The van der Waals surface area contributed by atoms with Gasteiger partial charge in [0.25, 0.3) is 0 Å². The Balaban J connectivity index is 4.07. The molecule has 0 aromatic rings. The molecule has 1 amide bonds. The molecule has 0 aliphatic rings. The van der Waals surface area contributed by atoms with Crippen molar-refractivity contribution in [3.8, 4) is 0 Å². The van der Waals surface area contributed by atoms with E-state index in [4.69, 9.17) is 9.84 Å². The number of aliphatic hydroxyl groups is 1. The topological polar surface area (TPSA) is 58.6 Å². The Bertz CT molecular complexity index is 230. The lowest BCUT2D eigenvalue weighted by Gasteiger charge is -2.22. The number of carbonyl (C=O) groups excluding carboxylic acids is 1. The third kappa shape index (κ3) is 8.00. The summed E-state index contributed by atoms with van der Waals surface area (Å²) in [6.45, 7) is 10.8. The minimum atomic E-state index is -0.521. The third-order valence-electron chi connectivity index (χ3n) is 1.54. The highest BCUT2D eigenvalue weighted by Gasteiger charge is 2.18. The lowest BCUT2D eigenvalue weighted by Crippen LogP contribution is -2.41. The summed E-state index contributed by atoms with van der Waals surface area (Å²) in [6, 6.07) is -0.322. The van der Waals surface area contributed by atoms with Gasteiger partial charge in [-0.3, -0.25) is 0 Å². The molecule has 0 aromatic heterocycles. The Kier molecular flexibility index (Phi) is 5.36. The zero-order valence-electron chi connectivity index (χ0n) is 9.96. The average Bonchev–Trinajstić information content (AvgIpc) is 1.98. The third-order valence-corrected chi connectivity index (χ3v) is 1.54. The zero-order chi connectivity index (χ0) is 12.1. The highest BCUT2D eigenvalue weighted by Crippen LogP contribution is 2.08. The Hall–Kier alpha value is -1.03. The summed E-state index contributed by atoms with van der Waals surface area (Å²) >= 11 is 0. The van der Waals surface area contributed by atoms with Crippen LogP contribution in [0.4, 0.5) is 4.79 Å². The molecule has 0 aliphatic heterocycles. The maximum atomic E-state index is 11.3. The summed E-state index contributed by atoms with van der Waals surface area (Å²) in [5, 5.41) is 11.6. The summed E-state index contributed by atoms with van der Waals surface area (Å²) in [7, 11) is 0. The first-order valence-electron chi connectivity index (χ1n) is 4.99. The standard InChI is InChI=1S/C11H21NO3/c1-8(2)6-9(7-13)12-10(14)15-11(3,4)5/h9,13H,1,6-7H2,2-5H3,(H,12,14). The first-order chi connectivity index (χ1) is 6.74. The van der Waals surface area contributed by atoms with Crippen molar-refractivity contribution in [1.82, 2.24) is 5.32 Å². The molecule has 0 bridgehead atoms. The molecule has 0 fully saturated rings. The van der Waals surface area contributed by atoms with E-state index in [1.807, 2.05) is 6.92 Å². The number of carbonyl (C=O) groups is 1. The van der Waals surface area contributed by atoms with Crippen LogP contribution in [-0.4, -0.2) is 29.4 Å². The summed E-state index contributed by atoms with van der Waals surface area (Å²) < 4.78 is 5.06. The molecular weight excluding hydrogens is 194 g/mol. The molecule has 0 spiro atoms. The van der Waals surface area contributed by atoms with E-state index in [-0.39, 0.29) is 12.6 Å². The van der Waals surface area contributed by atoms with Crippen LogP contribution in [0, 0.1) is 0 Å². The summed E-state index contributed by atoms with van der Waals surface area (Å²) in [6.07, 6.45) is 0.0400. The molecule has 88 valence electrons. The fourth-order valence-corrected chi connectivity index (χ4v) is 1.06. The van der Waals surface area contributed by atoms with Crippen molar-refractivity contribution >= 4 is 6.09 Å². The largest absolute Gasteiger partial charge is 0.444 e. The number of aliphatic hydroxyl groups excluding tert-OH is 1. The number of hydrogen-bond acceptors (Lipinski definition) is 3. The number of nitrogens with one attached hydrogen (secondary N) is 1. The van der Waals surface area contributed by atoms with Crippen molar-refractivity contribution < 1.29 is 14.6 Å². The molecule has 1 atom stereocenters. The molecule has 0 rings (SSSR count). The monoisotopic (exact) mass is 215 g/mol. The highest BCUT2D eigenvalue weighted by atomic mass is 16.6. The maximum Gasteiger partial charge on any atom is 0.407 e. The van der Waals surface area contributed by atoms with Crippen LogP contribution >= 0.6 is 0 Å². The predicted molar refractivity (Wildman–Crippen MR) is 59.7 cm³/mol. The average molecular weight is 215 g/mol. The molecule has 0 aliphatic carbocycles. The van der Waals surface area contributed by atoms with Crippen LogP contribution in [-0.2, 0) is 4.74 Å². The number of amides is 1. The van der Waals surface area contributed by atoms with Gasteiger partial charge < -0.3 is 15.2 Å². The fraction of sp³-hybridized carbons (Fsp3) is 0.727. The fourth-order valence-electron chi connectivity index (χ4n) is 1.06. The zero-order valence-corrected chi connectivity index (χ0v) is 9.96. The van der Waals surface area contributed by atoms with E-state index in [0.717, 1.165) is 5.57 Å². The lowest BCUT2D eigenvalue weighted by atomic mass is 10.1. The van der Waals surface area contributed by atoms with E-state index in [1.165, 1.54) is 0 Å². The van der Waals surface area contributed by atoms with E-state index in [1.54, 1.807) is 20.8 Å². The molecule has 0 heterocycles. The number of alkyl carbamates (subject to hydrolysis) is 1. The van der Waals surface area contributed by atoms with Gasteiger partial charge in [-0.05, 0) is 34.1 Å². The molecule has 0 saturated carbocycles. The molecular formula is C11H21NO3. The van der Waals surface area contributed by atoms with Gasteiger partial charge in [-0.25, -0.2) is 4.79 Å². The minimum absolute atomic E-state index is 0.119. The maximum absolute atomic E-state index is 11.3. The first kappa shape index (κ1) is 14.0. The van der Waals surface area contributed by atoms with Gasteiger partial charge in [0.15, 0.2) is 0 Å². The molecule has 1 unspecified atom stereocenters. The van der Waals surface area contributed by atoms with Gasteiger partial charge in [0.1, 0.15) is 5.60 Å². The van der Waals surface area contributed by atoms with Crippen molar-refractivity contribution in [1.29, 1.82) is 0 Å². The summed E-state index contributed by atoms with van der Waals surface area (Å²) in [5.41, 5.74) is 0.387. The van der Waals surface area contributed by atoms with Crippen LogP contribution in [0.3, 0.4) is 0 Å². The molecule has 2 N–H and O–H groups in total. The molecule has 0 saturated heterocycles. The number of rotatable bonds is 4. The highest BCUT2D eigenvalue weighted by molar-refractivity contribution is 5.68. The van der Waals surface area contributed by atoms with Crippen molar-refractivity contribution in [2.45, 2.75) is 45.8 Å². The minimum Gasteiger partial charge on any atom is -0.444 e. The van der Waals surface area contributed by atoms with Crippen LogP contribution in [0.15, 0.2) is 12.2 Å². The second-order valence-electron chi connectivity index (χ2n) is 4.69. The van der Waals surface area contributed by atoms with E-state index >= 15 is 0 Å². The molecule has 15 heavy (non-hydrogen) atoms. The Morgan fingerprint density at radius 2 is 2.07 bits per heavy atom. The summed E-state index contributed by atoms with van der Waals surface area (Å²) in [4.78, 5) is 11.3. The summed E-state index contributed by atoms with van der Waals surface area (Å²) in [5.74, 6) is 0. The van der Waals surface area contributed by atoms with Crippen LogP contribution in [0.1, 0.15) is 34.1 Å². The normalized spacial score (nSPS) is 13.1. The van der Waals surface area contributed by atoms with E-state index in [0.29, 0.717) is 6.42 Å². The Labute approximate surface area is 91.3 Å².